The van der Waals surface area contributed by atoms with Crippen molar-refractivity contribution in [2.45, 2.75) is 62.7 Å². The van der Waals surface area contributed by atoms with Crippen molar-refractivity contribution >= 4 is 34.8 Å². The van der Waals surface area contributed by atoms with Gasteiger partial charge in [-0.15, -0.1) is 11.8 Å². The zero-order valence-corrected chi connectivity index (χ0v) is 21.8. The van der Waals surface area contributed by atoms with Crippen LogP contribution in [0.4, 0.5) is 5.69 Å². The van der Waals surface area contributed by atoms with E-state index < -0.39 is 0 Å². The van der Waals surface area contributed by atoms with E-state index in [0.29, 0.717) is 6.42 Å². The molecule has 182 valence electrons. The van der Waals surface area contributed by atoms with Crippen LogP contribution in [0.1, 0.15) is 73.9 Å². The molecule has 1 aliphatic carbocycles. The zero-order chi connectivity index (χ0) is 25.0. The standard InChI is InChI=1S/C29H30ClNO3S/c1-3-15-29(16-4-2)26-18-20(28(32)6-5-17-35-23-11-8-21(30)9-12-23)7-13-24(26)25-14-10-22(31(33)34)19-27(25)29/h7-14,18-19H,3-6,15-17H2,1-2H3. The number of hydrogen-bond acceptors (Lipinski definition) is 4. The molecule has 0 bridgehead atoms. The number of nitrogens with zero attached hydrogens (tertiary/aromatic N) is 1. The van der Waals surface area contributed by atoms with E-state index in [1.807, 2.05) is 42.5 Å². The molecule has 0 fully saturated rings. The first kappa shape index (κ1) is 25.5. The largest absolute Gasteiger partial charge is 0.294 e. The van der Waals surface area contributed by atoms with Gasteiger partial charge in [0.25, 0.3) is 5.69 Å². The molecule has 0 aromatic heterocycles. The minimum Gasteiger partial charge on any atom is -0.294 e. The highest BCUT2D eigenvalue weighted by molar-refractivity contribution is 7.99. The maximum Gasteiger partial charge on any atom is 0.269 e. The van der Waals surface area contributed by atoms with Crippen LogP contribution in [0.5, 0.6) is 0 Å². The summed E-state index contributed by atoms with van der Waals surface area (Å²) in [5.41, 5.74) is 4.92. The van der Waals surface area contributed by atoms with Crippen LogP contribution in [0, 0.1) is 10.1 Å². The number of nitro groups is 1. The molecular weight excluding hydrogens is 478 g/mol. The normalized spacial score (nSPS) is 13.3. The first-order chi connectivity index (χ1) is 16.9. The lowest BCUT2D eigenvalue weighted by Crippen LogP contribution is -2.25. The molecule has 0 radical (unpaired) electrons. The number of rotatable bonds is 11. The van der Waals surface area contributed by atoms with Gasteiger partial charge in [0.2, 0.25) is 0 Å². The fourth-order valence-electron chi connectivity index (χ4n) is 5.39. The van der Waals surface area contributed by atoms with Gasteiger partial charge in [-0.2, -0.15) is 0 Å². The minimum absolute atomic E-state index is 0.127. The van der Waals surface area contributed by atoms with E-state index in [-0.39, 0.29) is 21.8 Å². The predicted molar refractivity (Wildman–Crippen MR) is 145 cm³/mol. The monoisotopic (exact) mass is 507 g/mol. The first-order valence-corrected chi connectivity index (χ1v) is 13.6. The molecule has 0 saturated carbocycles. The molecule has 0 unspecified atom stereocenters. The van der Waals surface area contributed by atoms with E-state index in [1.54, 1.807) is 23.9 Å². The fourth-order valence-corrected chi connectivity index (χ4v) is 6.36. The van der Waals surface area contributed by atoms with E-state index in [4.69, 9.17) is 11.6 Å². The van der Waals surface area contributed by atoms with E-state index in [2.05, 4.69) is 19.9 Å². The second-order valence-corrected chi connectivity index (χ2v) is 10.8. The third-order valence-corrected chi connectivity index (χ3v) is 8.21. The van der Waals surface area contributed by atoms with E-state index in [0.717, 1.165) is 75.6 Å². The number of thioether (sulfide) groups is 1. The summed E-state index contributed by atoms with van der Waals surface area (Å²) in [4.78, 5) is 25.5. The van der Waals surface area contributed by atoms with Crippen LogP contribution in [-0.4, -0.2) is 16.5 Å². The van der Waals surface area contributed by atoms with Crippen molar-refractivity contribution in [3.8, 4) is 11.1 Å². The Hall–Kier alpha value is -2.63. The van der Waals surface area contributed by atoms with Crippen molar-refractivity contribution in [1.82, 2.24) is 0 Å². The number of non-ortho nitro benzene ring substituents is 1. The Balaban J connectivity index is 1.58. The average molecular weight is 508 g/mol. The van der Waals surface area contributed by atoms with Gasteiger partial charge in [-0.25, -0.2) is 0 Å². The molecule has 6 heteroatoms. The number of carbonyl (C=O) groups excluding carboxylic acids is 1. The summed E-state index contributed by atoms with van der Waals surface area (Å²) >= 11 is 7.68. The Morgan fingerprint density at radius 3 is 2.20 bits per heavy atom. The molecule has 0 amide bonds. The Bertz CT molecular complexity index is 1230. The van der Waals surface area contributed by atoms with Crippen LogP contribution in [0.15, 0.2) is 65.6 Å². The highest BCUT2D eigenvalue weighted by atomic mass is 35.5. The summed E-state index contributed by atoms with van der Waals surface area (Å²) in [6.07, 6.45) is 5.01. The van der Waals surface area contributed by atoms with Crippen LogP contribution in [0.2, 0.25) is 5.02 Å². The third-order valence-electron chi connectivity index (χ3n) is 6.86. The SMILES string of the molecule is CCCC1(CCC)c2cc(C(=O)CCCSc3ccc(Cl)cc3)ccc2-c2ccc([N+](=O)[O-])cc21. The number of nitro benzene ring substituents is 1. The number of halogens is 1. The molecule has 0 N–H and O–H groups in total. The lowest BCUT2D eigenvalue weighted by atomic mass is 9.71. The van der Waals surface area contributed by atoms with Crippen molar-refractivity contribution in [2.75, 3.05) is 5.75 Å². The molecule has 3 aromatic rings. The number of carbonyl (C=O) groups is 1. The third kappa shape index (κ3) is 5.17. The molecule has 3 aromatic carbocycles. The number of ketones is 1. The highest BCUT2D eigenvalue weighted by Crippen LogP contribution is 2.54. The summed E-state index contributed by atoms with van der Waals surface area (Å²) in [6.45, 7) is 4.31. The average Bonchev–Trinajstić information content (AvgIpc) is 3.12. The van der Waals surface area contributed by atoms with Crippen LogP contribution >= 0.6 is 23.4 Å². The van der Waals surface area contributed by atoms with Crippen molar-refractivity contribution in [3.05, 3.63) is 92.5 Å². The summed E-state index contributed by atoms with van der Waals surface area (Å²) < 4.78 is 0. The van der Waals surface area contributed by atoms with Crippen molar-refractivity contribution in [3.63, 3.8) is 0 Å². The number of hydrogen-bond donors (Lipinski definition) is 0. The van der Waals surface area contributed by atoms with Gasteiger partial charge in [-0.3, -0.25) is 14.9 Å². The zero-order valence-electron chi connectivity index (χ0n) is 20.2. The van der Waals surface area contributed by atoms with Crippen molar-refractivity contribution in [2.24, 2.45) is 0 Å². The summed E-state index contributed by atoms with van der Waals surface area (Å²) in [5, 5.41) is 12.3. The quantitative estimate of drug-likeness (QED) is 0.0854. The van der Waals surface area contributed by atoms with Gasteiger partial charge in [0.1, 0.15) is 0 Å². The van der Waals surface area contributed by atoms with Gasteiger partial charge in [0, 0.05) is 39.5 Å². The van der Waals surface area contributed by atoms with E-state index >= 15 is 0 Å². The first-order valence-electron chi connectivity index (χ1n) is 12.2. The maximum atomic E-state index is 13.1. The number of benzene rings is 3. The van der Waals surface area contributed by atoms with Crippen LogP contribution in [0.25, 0.3) is 11.1 Å². The second-order valence-electron chi connectivity index (χ2n) is 9.16. The number of Topliss-reactive ketones (excluding diaryl/α,β-unsaturated/α-hetero) is 1. The Morgan fingerprint density at radius 1 is 0.943 bits per heavy atom. The Kier molecular flexibility index (Phi) is 7.98. The van der Waals surface area contributed by atoms with Gasteiger partial charge in [-0.05, 0) is 83.7 Å². The highest BCUT2D eigenvalue weighted by Gasteiger charge is 2.43. The Labute approximate surface area is 216 Å². The van der Waals surface area contributed by atoms with Gasteiger partial charge in [-0.1, -0.05) is 50.4 Å². The van der Waals surface area contributed by atoms with Crippen LogP contribution in [0.3, 0.4) is 0 Å². The molecule has 0 spiro atoms. The molecule has 1 aliphatic rings. The fraction of sp³-hybridized carbons (Fsp3) is 0.345. The second kappa shape index (κ2) is 11.0. The summed E-state index contributed by atoms with van der Waals surface area (Å²) in [5.74, 6) is 1.01. The lowest BCUT2D eigenvalue weighted by Gasteiger charge is -2.32. The van der Waals surface area contributed by atoms with E-state index in [1.165, 1.54) is 0 Å². The summed E-state index contributed by atoms with van der Waals surface area (Å²) in [7, 11) is 0. The summed E-state index contributed by atoms with van der Waals surface area (Å²) in [6, 6.07) is 19.0. The van der Waals surface area contributed by atoms with Gasteiger partial charge >= 0.3 is 0 Å². The molecule has 4 rings (SSSR count). The topological polar surface area (TPSA) is 60.2 Å². The van der Waals surface area contributed by atoms with E-state index in [9.17, 15) is 14.9 Å². The molecule has 0 aliphatic heterocycles. The number of fused-ring (bicyclic) bond motifs is 3. The maximum absolute atomic E-state index is 13.1. The van der Waals surface area contributed by atoms with Crippen molar-refractivity contribution in [1.29, 1.82) is 0 Å². The molecule has 0 atom stereocenters. The minimum atomic E-state index is -0.317. The predicted octanol–water partition coefficient (Wildman–Crippen LogP) is 8.87. The van der Waals surface area contributed by atoms with Crippen LogP contribution < -0.4 is 0 Å². The van der Waals surface area contributed by atoms with Crippen molar-refractivity contribution < 1.29 is 9.72 Å². The van der Waals surface area contributed by atoms with Gasteiger partial charge < -0.3 is 0 Å². The molecule has 0 heterocycles. The molecule has 35 heavy (non-hydrogen) atoms. The lowest BCUT2D eigenvalue weighted by molar-refractivity contribution is -0.384. The Morgan fingerprint density at radius 2 is 1.57 bits per heavy atom. The van der Waals surface area contributed by atoms with Gasteiger partial charge in [0.15, 0.2) is 5.78 Å². The molecule has 0 saturated heterocycles. The van der Waals surface area contributed by atoms with Crippen LogP contribution in [-0.2, 0) is 5.41 Å². The van der Waals surface area contributed by atoms with Gasteiger partial charge in [0.05, 0.1) is 4.92 Å². The smallest absolute Gasteiger partial charge is 0.269 e. The molecule has 4 nitrogen and oxygen atoms in total. The molecular formula is C29H30ClNO3S.